The van der Waals surface area contributed by atoms with Crippen molar-refractivity contribution in [3.8, 4) is 6.07 Å². The molecule has 8 heteroatoms. The molecule has 1 saturated carbocycles. The van der Waals surface area contributed by atoms with Crippen molar-refractivity contribution < 1.29 is 4.79 Å². The van der Waals surface area contributed by atoms with E-state index in [0.717, 1.165) is 50.8 Å². The van der Waals surface area contributed by atoms with E-state index in [1.165, 1.54) is 11.3 Å². The Morgan fingerprint density at radius 2 is 1.97 bits per heavy atom. The first-order valence-electron chi connectivity index (χ1n) is 10.2. The summed E-state index contributed by atoms with van der Waals surface area (Å²) >= 11 is 1.50. The highest BCUT2D eigenvalue weighted by Gasteiger charge is 2.30. The molecule has 7 nitrogen and oxygen atoms in total. The molecule has 1 aliphatic carbocycles. The summed E-state index contributed by atoms with van der Waals surface area (Å²) in [7, 11) is 0. The third-order valence-corrected chi connectivity index (χ3v) is 7.06. The molecular weight excluding hydrogens is 396 g/mol. The van der Waals surface area contributed by atoms with Crippen molar-refractivity contribution >= 4 is 33.3 Å². The molecule has 3 aromatic heterocycles. The summed E-state index contributed by atoms with van der Waals surface area (Å²) < 4.78 is 0. The zero-order valence-corrected chi connectivity index (χ0v) is 17.9. The number of rotatable bonds is 3. The second kappa shape index (κ2) is 7.33. The van der Waals surface area contributed by atoms with E-state index < -0.39 is 0 Å². The zero-order chi connectivity index (χ0) is 20.8. The van der Waals surface area contributed by atoms with Crippen LogP contribution in [-0.4, -0.2) is 51.9 Å². The van der Waals surface area contributed by atoms with E-state index in [1.807, 2.05) is 18.7 Å². The van der Waals surface area contributed by atoms with E-state index in [1.54, 1.807) is 18.3 Å². The number of nitriles is 1. The Labute approximate surface area is 179 Å². The number of hydrogen-bond donors (Lipinski definition) is 0. The van der Waals surface area contributed by atoms with E-state index in [0.29, 0.717) is 37.7 Å². The van der Waals surface area contributed by atoms with Gasteiger partial charge in [-0.15, -0.1) is 11.3 Å². The van der Waals surface area contributed by atoms with Gasteiger partial charge in [-0.05, 0) is 44.4 Å². The van der Waals surface area contributed by atoms with Gasteiger partial charge in [-0.3, -0.25) is 4.79 Å². The fourth-order valence-electron chi connectivity index (χ4n) is 4.03. The highest BCUT2D eigenvalue weighted by Crippen LogP contribution is 2.40. The lowest BCUT2D eigenvalue weighted by Gasteiger charge is -2.35. The molecule has 152 valence electrons. The minimum absolute atomic E-state index is 0.0706. The maximum absolute atomic E-state index is 13.3. The maximum atomic E-state index is 13.3. The Hall–Kier alpha value is -3.05. The van der Waals surface area contributed by atoms with Gasteiger partial charge in [-0.2, -0.15) is 5.26 Å². The molecule has 0 bridgehead atoms. The molecule has 0 atom stereocenters. The van der Waals surface area contributed by atoms with Crippen LogP contribution in [0.2, 0.25) is 0 Å². The summed E-state index contributed by atoms with van der Waals surface area (Å²) in [4.78, 5) is 32.9. The number of nitrogens with zero attached hydrogens (tertiary/aromatic N) is 6. The second-order valence-electron chi connectivity index (χ2n) is 7.97. The number of anilines is 1. The normalized spacial score (nSPS) is 16.7. The standard InChI is InChI=1S/C22H22N6OS/c1-13-18-14(2)25-20(16-3-4-16)26-21(18)30-19(13)22(29)28-9-7-27(8-10-28)17-11-15(12-23)5-6-24-17/h5-6,11,16H,3-4,7-10H2,1-2H3. The van der Waals surface area contributed by atoms with Crippen LogP contribution < -0.4 is 4.90 Å². The number of pyridine rings is 1. The largest absolute Gasteiger partial charge is 0.353 e. The molecule has 30 heavy (non-hydrogen) atoms. The number of piperazine rings is 1. The predicted molar refractivity (Wildman–Crippen MR) is 116 cm³/mol. The Morgan fingerprint density at radius 3 is 2.67 bits per heavy atom. The minimum Gasteiger partial charge on any atom is -0.353 e. The van der Waals surface area contributed by atoms with Gasteiger partial charge < -0.3 is 9.80 Å². The summed E-state index contributed by atoms with van der Waals surface area (Å²) in [5.74, 6) is 2.29. The van der Waals surface area contributed by atoms with Crippen molar-refractivity contribution in [2.45, 2.75) is 32.6 Å². The van der Waals surface area contributed by atoms with Crippen LogP contribution in [0, 0.1) is 25.2 Å². The van der Waals surface area contributed by atoms with Crippen LogP contribution in [0.15, 0.2) is 18.3 Å². The molecule has 2 fully saturated rings. The first-order valence-corrected chi connectivity index (χ1v) is 11.0. The van der Waals surface area contributed by atoms with Crippen LogP contribution in [0.4, 0.5) is 5.82 Å². The molecule has 0 spiro atoms. The maximum Gasteiger partial charge on any atom is 0.264 e. The SMILES string of the molecule is Cc1nc(C2CC2)nc2sc(C(=O)N3CCN(c4cc(C#N)ccn4)CC3)c(C)c12. The van der Waals surface area contributed by atoms with Crippen LogP contribution in [0.1, 0.15) is 51.1 Å². The second-order valence-corrected chi connectivity index (χ2v) is 8.97. The lowest BCUT2D eigenvalue weighted by Crippen LogP contribution is -2.49. The molecule has 0 aromatic carbocycles. The van der Waals surface area contributed by atoms with Crippen LogP contribution in [-0.2, 0) is 0 Å². The molecule has 1 amide bonds. The van der Waals surface area contributed by atoms with Gasteiger partial charge in [0.2, 0.25) is 0 Å². The van der Waals surface area contributed by atoms with Gasteiger partial charge in [0.05, 0.1) is 22.2 Å². The van der Waals surface area contributed by atoms with E-state index >= 15 is 0 Å². The Balaban J connectivity index is 1.35. The molecule has 0 unspecified atom stereocenters. The smallest absolute Gasteiger partial charge is 0.264 e. The summed E-state index contributed by atoms with van der Waals surface area (Å²) in [5.41, 5.74) is 2.56. The predicted octanol–water partition coefficient (Wildman–Crippen LogP) is 3.41. The summed E-state index contributed by atoms with van der Waals surface area (Å²) in [6, 6.07) is 5.65. The molecular formula is C22H22N6OS. The van der Waals surface area contributed by atoms with Crippen molar-refractivity contribution in [3.63, 3.8) is 0 Å². The van der Waals surface area contributed by atoms with Gasteiger partial charge in [0, 0.05) is 43.7 Å². The van der Waals surface area contributed by atoms with E-state index in [4.69, 9.17) is 15.2 Å². The van der Waals surface area contributed by atoms with Crippen molar-refractivity contribution in [2.75, 3.05) is 31.1 Å². The molecule has 4 heterocycles. The fourth-order valence-corrected chi connectivity index (χ4v) is 5.24. The van der Waals surface area contributed by atoms with Gasteiger partial charge in [-0.1, -0.05) is 0 Å². The molecule has 0 N–H and O–H groups in total. The zero-order valence-electron chi connectivity index (χ0n) is 17.1. The number of hydrogen-bond acceptors (Lipinski definition) is 7. The Kier molecular flexibility index (Phi) is 4.63. The Bertz CT molecular complexity index is 1180. The number of amides is 1. The quantitative estimate of drug-likeness (QED) is 0.648. The van der Waals surface area contributed by atoms with Crippen LogP contribution in [0.3, 0.4) is 0 Å². The molecule has 0 radical (unpaired) electrons. The molecule has 2 aliphatic rings. The summed E-state index contributed by atoms with van der Waals surface area (Å²) in [5, 5.41) is 10.1. The van der Waals surface area contributed by atoms with Gasteiger partial charge in [0.1, 0.15) is 16.5 Å². The molecule has 5 rings (SSSR count). The third-order valence-electron chi connectivity index (χ3n) is 5.89. The lowest BCUT2D eigenvalue weighted by molar-refractivity contribution is 0.0751. The number of carbonyl (C=O) groups excluding carboxylic acids is 1. The first kappa shape index (κ1) is 18.9. The average molecular weight is 419 g/mol. The third kappa shape index (κ3) is 3.29. The van der Waals surface area contributed by atoms with Crippen LogP contribution >= 0.6 is 11.3 Å². The van der Waals surface area contributed by atoms with E-state index in [2.05, 4.69) is 16.0 Å². The first-order chi connectivity index (χ1) is 14.5. The summed E-state index contributed by atoms with van der Waals surface area (Å²) in [6.07, 6.45) is 3.99. The molecule has 1 saturated heterocycles. The monoisotopic (exact) mass is 418 g/mol. The van der Waals surface area contributed by atoms with E-state index in [9.17, 15) is 4.79 Å². The molecule has 3 aromatic rings. The Morgan fingerprint density at radius 1 is 1.20 bits per heavy atom. The molecule has 1 aliphatic heterocycles. The number of aryl methyl sites for hydroxylation is 2. The van der Waals surface area contributed by atoms with Crippen molar-refractivity contribution in [1.82, 2.24) is 19.9 Å². The van der Waals surface area contributed by atoms with Crippen molar-refractivity contribution in [2.24, 2.45) is 0 Å². The van der Waals surface area contributed by atoms with Gasteiger partial charge in [0.15, 0.2) is 0 Å². The van der Waals surface area contributed by atoms with Gasteiger partial charge in [0.25, 0.3) is 5.91 Å². The summed E-state index contributed by atoms with van der Waals surface area (Å²) in [6.45, 7) is 6.67. The lowest BCUT2D eigenvalue weighted by atomic mass is 10.1. The van der Waals surface area contributed by atoms with Crippen LogP contribution in [0.25, 0.3) is 10.2 Å². The fraction of sp³-hybridized carbons (Fsp3) is 0.409. The topological polar surface area (TPSA) is 86.0 Å². The van der Waals surface area contributed by atoms with Gasteiger partial charge in [-0.25, -0.2) is 15.0 Å². The van der Waals surface area contributed by atoms with Crippen molar-refractivity contribution in [3.05, 3.63) is 45.9 Å². The highest BCUT2D eigenvalue weighted by atomic mass is 32.1. The number of thiophene rings is 1. The average Bonchev–Trinajstić information content (AvgIpc) is 3.57. The van der Waals surface area contributed by atoms with Crippen LogP contribution in [0.5, 0.6) is 0 Å². The van der Waals surface area contributed by atoms with E-state index in [-0.39, 0.29) is 5.91 Å². The highest BCUT2D eigenvalue weighted by molar-refractivity contribution is 7.20. The number of fused-ring (bicyclic) bond motifs is 1. The number of aromatic nitrogens is 3. The van der Waals surface area contributed by atoms with Gasteiger partial charge >= 0.3 is 0 Å². The number of carbonyl (C=O) groups is 1. The van der Waals surface area contributed by atoms with Crippen molar-refractivity contribution in [1.29, 1.82) is 5.26 Å². The minimum atomic E-state index is 0.0706.